The Morgan fingerprint density at radius 2 is 1.50 bits per heavy atom. The summed E-state index contributed by atoms with van der Waals surface area (Å²) in [6.07, 6.45) is 1.13. The van der Waals surface area contributed by atoms with Gasteiger partial charge in [-0.15, -0.1) is 0 Å². The van der Waals surface area contributed by atoms with E-state index < -0.39 is 0 Å². The van der Waals surface area contributed by atoms with Crippen LogP contribution in [0.1, 0.15) is 51.2 Å². The predicted octanol–water partition coefficient (Wildman–Crippen LogP) is 5.24. The van der Waals surface area contributed by atoms with Gasteiger partial charge in [0.2, 0.25) is 0 Å². The highest BCUT2D eigenvalue weighted by Crippen LogP contribution is 2.36. The van der Waals surface area contributed by atoms with Crippen molar-refractivity contribution in [3.05, 3.63) is 64.7 Å². The van der Waals surface area contributed by atoms with E-state index in [1.807, 2.05) is 24.3 Å². The summed E-state index contributed by atoms with van der Waals surface area (Å²) in [5, 5.41) is 0.794. The third kappa shape index (κ3) is 4.17. The lowest BCUT2D eigenvalue weighted by molar-refractivity contribution is 0.344. The molecule has 0 aliphatic heterocycles. The molecule has 0 aliphatic rings. The molecule has 2 atom stereocenters. The van der Waals surface area contributed by atoms with Crippen LogP contribution in [0.2, 0.25) is 5.02 Å². The van der Waals surface area contributed by atoms with E-state index in [1.165, 1.54) is 11.1 Å². The molecule has 0 heterocycles. The molecule has 0 spiro atoms. The van der Waals surface area contributed by atoms with Gasteiger partial charge in [0.25, 0.3) is 0 Å². The maximum atomic E-state index is 6.00. The summed E-state index contributed by atoms with van der Waals surface area (Å²) in [5.41, 5.74) is 3.65. The Labute approximate surface area is 141 Å². The second kappa shape index (κ2) is 6.92. The van der Waals surface area contributed by atoms with Crippen molar-refractivity contribution >= 4 is 24.9 Å². The SMILES string of the molecule is [B]c1ccc(C(C)C(C)CC(C)(C)c2ccc(Cl)cc2)cc1. The molecule has 0 saturated carbocycles. The summed E-state index contributed by atoms with van der Waals surface area (Å²) in [4.78, 5) is 0. The van der Waals surface area contributed by atoms with Gasteiger partial charge in [-0.25, -0.2) is 0 Å². The van der Waals surface area contributed by atoms with Gasteiger partial charge in [0.15, 0.2) is 0 Å². The standard InChI is InChI=1S/C20H24BCl/c1-14(15(2)16-5-9-18(21)10-6-16)13-20(3,4)17-7-11-19(22)12-8-17/h5-12,14-15H,13H2,1-4H3. The Morgan fingerprint density at radius 1 is 0.955 bits per heavy atom. The van der Waals surface area contributed by atoms with Gasteiger partial charge in [-0.3, -0.25) is 0 Å². The molecule has 114 valence electrons. The summed E-state index contributed by atoms with van der Waals surface area (Å²) >= 11 is 6.00. The molecular formula is C20H24BCl. The van der Waals surface area contributed by atoms with Gasteiger partial charge in [-0.05, 0) is 46.9 Å². The third-order valence-corrected chi connectivity index (χ3v) is 5.03. The first kappa shape index (κ1) is 17.2. The largest absolute Gasteiger partial charge is 0.113 e. The van der Waals surface area contributed by atoms with E-state index in [1.54, 1.807) is 0 Å². The van der Waals surface area contributed by atoms with Crippen LogP contribution >= 0.6 is 11.6 Å². The molecule has 2 rings (SSSR count). The van der Waals surface area contributed by atoms with Crippen LogP contribution in [0.25, 0.3) is 0 Å². The number of halogens is 1. The zero-order valence-electron chi connectivity index (χ0n) is 13.9. The quantitative estimate of drug-likeness (QED) is 0.662. The van der Waals surface area contributed by atoms with Crippen molar-refractivity contribution < 1.29 is 0 Å². The Morgan fingerprint density at radius 3 is 2.05 bits per heavy atom. The third-order valence-electron chi connectivity index (χ3n) is 4.77. The second-order valence-electron chi connectivity index (χ2n) is 7.03. The molecule has 22 heavy (non-hydrogen) atoms. The van der Waals surface area contributed by atoms with Crippen molar-refractivity contribution in [3.63, 3.8) is 0 Å². The molecule has 2 aromatic rings. The molecule has 0 aromatic heterocycles. The first-order chi connectivity index (χ1) is 10.3. The molecule has 0 N–H and O–H groups in total. The second-order valence-corrected chi connectivity index (χ2v) is 7.46. The molecule has 0 bridgehead atoms. The lowest BCUT2D eigenvalue weighted by atomic mass is 9.73. The van der Waals surface area contributed by atoms with Crippen LogP contribution in [0.3, 0.4) is 0 Å². The van der Waals surface area contributed by atoms with Crippen molar-refractivity contribution in [1.29, 1.82) is 0 Å². The van der Waals surface area contributed by atoms with E-state index in [2.05, 4.69) is 52.0 Å². The van der Waals surface area contributed by atoms with Gasteiger partial charge < -0.3 is 0 Å². The van der Waals surface area contributed by atoms with Gasteiger partial charge in [0.1, 0.15) is 7.85 Å². The van der Waals surface area contributed by atoms with Crippen LogP contribution < -0.4 is 5.46 Å². The number of hydrogen-bond donors (Lipinski definition) is 0. The minimum Gasteiger partial charge on any atom is -0.0967 e. The Balaban J connectivity index is 2.10. The summed E-state index contributed by atoms with van der Waals surface area (Å²) in [5.74, 6) is 1.08. The zero-order chi connectivity index (χ0) is 16.3. The summed E-state index contributed by atoms with van der Waals surface area (Å²) in [7, 11) is 5.78. The number of rotatable bonds is 5. The molecule has 2 aromatic carbocycles. The molecule has 0 saturated heterocycles. The highest BCUT2D eigenvalue weighted by atomic mass is 35.5. The Bertz CT molecular complexity index is 599. The molecule has 0 amide bonds. The van der Waals surface area contributed by atoms with Crippen molar-refractivity contribution in [2.24, 2.45) is 5.92 Å². The van der Waals surface area contributed by atoms with Crippen LogP contribution in [0, 0.1) is 5.92 Å². The van der Waals surface area contributed by atoms with Crippen molar-refractivity contribution in [3.8, 4) is 0 Å². The van der Waals surface area contributed by atoms with Crippen LogP contribution in [-0.2, 0) is 5.41 Å². The number of hydrogen-bond acceptors (Lipinski definition) is 0. The lowest BCUT2D eigenvalue weighted by Crippen LogP contribution is -2.23. The Hall–Kier alpha value is -1.21. The summed E-state index contributed by atoms with van der Waals surface area (Å²) in [6.45, 7) is 9.25. The normalized spacial score (nSPS) is 14.6. The molecule has 2 heteroatoms. The molecule has 0 nitrogen and oxygen atoms in total. The summed E-state index contributed by atoms with van der Waals surface area (Å²) < 4.78 is 0. The lowest BCUT2D eigenvalue weighted by Gasteiger charge is -2.32. The van der Waals surface area contributed by atoms with Gasteiger partial charge >= 0.3 is 0 Å². The van der Waals surface area contributed by atoms with E-state index in [4.69, 9.17) is 19.4 Å². The van der Waals surface area contributed by atoms with Crippen LogP contribution in [0.15, 0.2) is 48.5 Å². The average Bonchev–Trinajstić information content (AvgIpc) is 2.47. The zero-order valence-corrected chi connectivity index (χ0v) is 14.7. The fraction of sp³-hybridized carbons (Fsp3) is 0.400. The molecule has 0 aliphatic carbocycles. The number of benzene rings is 2. The van der Waals surface area contributed by atoms with Gasteiger partial charge in [-0.1, -0.05) is 81.2 Å². The topological polar surface area (TPSA) is 0 Å². The van der Waals surface area contributed by atoms with Crippen LogP contribution in [0.5, 0.6) is 0 Å². The molecule has 0 fully saturated rings. The Kier molecular flexibility index (Phi) is 5.39. The molecular weight excluding hydrogens is 286 g/mol. The van der Waals surface area contributed by atoms with Gasteiger partial charge in [0.05, 0.1) is 0 Å². The van der Waals surface area contributed by atoms with Crippen LogP contribution in [-0.4, -0.2) is 7.85 Å². The van der Waals surface area contributed by atoms with E-state index in [9.17, 15) is 0 Å². The van der Waals surface area contributed by atoms with E-state index in [-0.39, 0.29) is 5.41 Å². The minimum atomic E-state index is 0.131. The average molecular weight is 311 g/mol. The van der Waals surface area contributed by atoms with E-state index in [0.717, 1.165) is 16.9 Å². The minimum absolute atomic E-state index is 0.131. The van der Waals surface area contributed by atoms with Crippen molar-refractivity contribution in [2.45, 2.75) is 45.4 Å². The maximum absolute atomic E-state index is 6.00. The van der Waals surface area contributed by atoms with Crippen molar-refractivity contribution in [1.82, 2.24) is 0 Å². The fourth-order valence-electron chi connectivity index (χ4n) is 3.13. The van der Waals surface area contributed by atoms with E-state index in [0.29, 0.717) is 11.8 Å². The maximum Gasteiger partial charge on any atom is 0.113 e. The van der Waals surface area contributed by atoms with Gasteiger partial charge in [-0.2, -0.15) is 0 Å². The predicted molar refractivity (Wildman–Crippen MR) is 98.5 cm³/mol. The van der Waals surface area contributed by atoms with Crippen molar-refractivity contribution in [2.75, 3.05) is 0 Å². The first-order valence-corrected chi connectivity index (χ1v) is 8.29. The van der Waals surface area contributed by atoms with Crippen LogP contribution in [0.4, 0.5) is 0 Å². The highest BCUT2D eigenvalue weighted by Gasteiger charge is 2.26. The van der Waals surface area contributed by atoms with Gasteiger partial charge in [0, 0.05) is 5.02 Å². The summed E-state index contributed by atoms with van der Waals surface area (Å²) in [6, 6.07) is 16.5. The molecule has 2 unspecified atom stereocenters. The smallest absolute Gasteiger partial charge is 0.0967 e. The fourth-order valence-corrected chi connectivity index (χ4v) is 3.25. The molecule has 2 radical (unpaired) electrons. The highest BCUT2D eigenvalue weighted by molar-refractivity contribution is 6.32. The van der Waals surface area contributed by atoms with E-state index >= 15 is 0 Å². The first-order valence-electron chi connectivity index (χ1n) is 7.91. The monoisotopic (exact) mass is 310 g/mol.